The van der Waals surface area contributed by atoms with Gasteiger partial charge < -0.3 is 15.1 Å². The van der Waals surface area contributed by atoms with Crippen molar-refractivity contribution in [1.29, 1.82) is 0 Å². The number of hydrogen-bond donors (Lipinski definition) is 3. The molecule has 0 radical (unpaired) electrons. The van der Waals surface area contributed by atoms with Crippen LogP contribution in [0.25, 0.3) is 0 Å². The molecule has 0 saturated heterocycles. The normalized spacial score (nSPS) is 13.4. The Labute approximate surface area is 83.4 Å². The van der Waals surface area contributed by atoms with E-state index in [1.54, 1.807) is 6.92 Å². The minimum absolute atomic E-state index is 0.258. The SMILES string of the molecule is C=CC(=O)NCCC(CC)P(=O)(O)O. The summed E-state index contributed by atoms with van der Waals surface area (Å²) in [5.74, 6) is -0.328. The van der Waals surface area contributed by atoms with Crippen LogP contribution < -0.4 is 5.32 Å². The van der Waals surface area contributed by atoms with Gasteiger partial charge in [0, 0.05) is 6.54 Å². The third-order valence-corrected chi connectivity index (χ3v) is 3.48. The molecule has 0 saturated carbocycles. The van der Waals surface area contributed by atoms with Gasteiger partial charge in [0.1, 0.15) is 0 Å². The molecule has 1 amide bonds. The maximum Gasteiger partial charge on any atom is 0.328 e. The average molecular weight is 221 g/mol. The molecule has 1 unspecified atom stereocenters. The lowest BCUT2D eigenvalue weighted by Gasteiger charge is -2.16. The molecule has 1 atom stereocenters. The van der Waals surface area contributed by atoms with E-state index in [1.807, 2.05) is 0 Å². The molecule has 0 rings (SSSR count). The number of hydrogen-bond acceptors (Lipinski definition) is 2. The van der Waals surface area contributed by atoms with Crippen molar-refractivity contribution in [2.45, 2.75) is 25.4 Å². The lowest BCUT2D eigenvalue weighted by Crippen LogP contribution is -2.25. The second-order valence-electron chi connectivity index (χ2n) is 2.93. The van der Waals surface area contributed by atoms with Crippen molar-refractivity contribution < 1.29 is 19.1 Å². The van der Waals surface area contributed by atoms with Crippen LogP contribution in [-0.4, -0.2) is 27.9 Å². The van der Waals surface area contributed by atoms with E-state index in [2.05, 4.69) is 11.9 Å². The standard InChI is InChI=1S/C8H16NO4P/c1-3-7(14(11,12)13)5-6-9-8(10)4-2/h4,7H,2-3,5-6H2,1H3,(H,9,10)(H2,11,12,13). The summed E-state index contributed by atoms with van der Waals surface area (Å²) in [7, 11) is -4.02. The fraction of sp³-hybridized carbons (Fsp3) is 0.625. The Kier molecular flexibility index (Phi) is 5.69. The molecule has 82 valence electrons. The fourth-order valence-electron chi connectivity index (χ4n) is 1.04. The molecule has 0 aliphatic rings. The predicted molar refractivity (Wildman–Crippen MR) is 53.9 cm³/mol. The van der Waals surface area contributed by atoms with Crippen LogP contribution in [0.5, 0.6) is 0 Å². The highest BCUT2D eigenvalue weighted by atomic mass is 31.2. The summed E-state index contributed by atoms with van der Waals surface area (Å²) in [5, 5.41) is 2.47. The minimum atomic E-state index is -4.02. The van der Waals surface area contributed by atoms with Gasteiger partial charge in [-0.05, 0) is 18.9 Å². The first-order chi connectivity index (χ1) is 6.41. The van der Waals surface area contributed by atoms with E-state index in [1.165, 1.54) is 0 Å². The van der Waals surface area contributed by atoms with Gasteiger partial charge in [0.25, 0.3) is 0 Å². The van der Waals surface area contributed by atoms with Crippen molar-refractivity contribution in [2.24, 2.45) is 0 Å². The zero-order valence-electron chi connectivity index (χ0n) is 8.14. The van der Waals surface area contributed by atoms with Gasteiger partial charge in [-0.1, -0.05) is 13.5 Å². The first-order valence-electron chi connectivity index (χ1n) is 4.37. The molecule has 0 spiro atoms. The van der Waals surface area contributed by atoms with Gasteiger partial charge in [0.2, 0.25) is 5.91 Å². The zero-order chi connectivity index (χ0) is 11.2. The summed E-state index contributed by atoms with van der Waals surface area (Å²) >= 11 is 0. The molecule has 0 bridgehead atoms. The van der Waals surface area contributed by atoms with Crippen LogP contribution >= 0.6 is 7.60 Å². The highest BCUT2D eigenvalue weighted by molar-refractivity contribution is 7.52. The van der Waals surface area contributed by atoms with Gasteiger partial charge in [0.05, 0.1) is 5.66 Å². The van der Waals surface area contributed by atoms with Gasteiger partial charge in [-0.3, -0.25) is 9.36 Å². The molecule has 0 aromatic carbocycles. The summed E-state index contributed by atoms with van der Waals surface area (Å²) in [5.41, 5.74) is -0.674. The number of nitrogens with one attached hydrogen (secondary N) is 1. The molecule has 14 heavy (non-hydrogen) atoms. The lowest BCUT2D eigenvalue weighted by atomic mass is 10.2. The van der Waals surface area contributed by atoms with E-state index >= 15 is 0 Å². The Morgan fingerprint density at radius 3 is 2.57 bits per heavy atom. The average Bonchev–Trinajstić information content (AvgIpc) is 2.09. The number of carbonyl (C=O) groups excluding carboxylic acids is 1. The highest BCUT2D eigenvalue weighted by Crippen LogP contribution is 2.44. The third kappa shape index (κ3) is 5.17. The van der Waals surface area contributed by atoms with E-state index in [-0.39, 0.29) is 18.9 Å². The number of carbonyl (C=O) groups is 1. The first kappa shape index (κ1) is 13.4. The van der Waals surface area contributed by atoms with Crippen LogP contribution in [0, 0.1) is 0 Å². The largest absolute Gasteiger partial charge is 0.353 e. The maximum atomic E-state index is 10.9. The molecule has 0 aromatic heterocycles. The quantitative estimate of drug-likeness (QED) is 0.453. The molecule has 0 fully saturated rings. The second kappa shape index (κ2) is 5.96. The Bertz CT molecular complexity index is 248. The minimum Gasteiger partial charge on any atom is -0.353 e. The van der Waals surface area contributed by atoms with Crippen LogP contribution in [-0.2, 0) is 9.36 Å². The van der Waals surface area contributed by atoms with Crippen molar-refractivity contribution in [1.82, 2.24) is 5.32 Å². The summed E-state index contributed by atoms with van der Waals surface area (Å²) in [6.45, 7) is 5.23. The lowest BCUT2D eigenvalue weighted by molar-refractivity contribution is -0.116. The molecule has 6 heteroatoms. The molecule has 0 aromatic rings. The van der Waals surface area contributed by atoms with E-state index in [9.17, 15) is 9.36 Å². The van der Waals surface area contributed by atoms with Gasteiger partial charge >= 0.3 is 7.60 Å². The van der Waals surface area contributed by atoms with Gasteiger partial charge in [-0.25, -0.2) is 0 Å². The monoisotopic (exact) mass is 221 g/mol. The summed E-state index contributed by atoms with van der Waals surface area (Å²) in [6, 6.07) is 0. The fourth-order valence-corrected chi connectivity index (χ4v) is 1.99. The maximum absolute atomic E-state index is 10.9. The zero-order valence-corrected chi connectivity index (χ0v) is 9.04. The van der Waals surface area contributed by atoms with Crippen LogP contribution in [0.4, 0.5) is 0 Å². The van der Waals surface area contributed by atoms with Gasteiger partial charge in [-0.15, -0.1) is 0 Å². The van der Waals surface area contributed by atoms with Crippen LogP contribution in [0.3, 0.4) is 0 Å². The Balaban J connectivity index is 3.92. The van der Waals surface area contributed by atoms with Crippen molar-refractivity contribution in [3.63, 3.8) is 0 Å². The second-order valence-corrected chi connectivity index (χ2v) is 4.84. The summed E-state index contributed by atoms with van der Waals surface area (Å²) < 4.78 is 10.9. The molecular weight excluding hydrogens is 205 g/mol. The number of rotatable bonds is 6. The Morgan fingerprint density at radius 1 is 1.64 bits per heavy atom. The Hall–Kier alpha value is -0.640. The smallest absolute Gasteiger partial charge is 0.328 e. The van der Waals surface area contributed by atoms with E-state index in [4.69, 9.17) is 9.79 Å². The van der Waals surface area contributed by atoms with Crippen molar-refractivity contribution in [3.05, 3.63) is 12.7 Å². The summed E-state index contributed by atoms with van der Waals surface area (Å²) in [6.07, 6.45) is 1.80. The van der Waals surface area contributed by atoms with Crippen molar-refractivity contribution in [2.75, 3.05) is 6.54 Å². The first-order valence-corrected chi connectivity index (χ1v) is 6.05. The van der Waals surface area contributed by atoms with Gasteiger partial charge in [-0.2, -0.15) is 0 Å². The highest BCUT2D eigenvalue weighted by Gasteiger charge is 2.26. The van der Waals surface area contributed by atoms with Crippen LogP contribution in [0.1, 0.15) is 19.8 Å². The van der Waals surface area contributed by atoms with E-state index in [0.717, 1.165) is 6.08 Å². The molecule has 5 nitrogen and oxygen atoms in total. The topological polar surface area (TPSA) is 86.6 Å². The van der Waals surface area contributed by atoms with Crippen LogP contribution in [0.2, 0.25) is 0 Å². The summed E-state index contributed by atoms with van der Waals surface area (Å²) in [4.78, 5) is 28.5. The van der Waals surface area contributed by atoms with Gasteiger partial charge in [0.15, 0.2) is 0 Å². The number of amides is 1. The molecule has 0 heterocycles. The van der Waals surface area contributed by atoms with E-state index in [0.29, 0.717) is 6.42 Å². The van der Waals surface area contributed by atoms with E-state index < -0.39 is 13.3 Å². The molecule has 0 aliphatic heterocycles. The van der Waals surface area contributed by atoms with Crippen molar-refractivity contribution in [3.8, 4) is 0 Å². The molecule has 3 N–H and O–H groups in total. The van der Waals surface area contributed by atoms with Crippen molar-refractivity contribution >= 4 is 13.5 Å². The third-order valence-electron chi connectivity index (χ3n) is 1.91. The predicted octanol–water partition coefficient (Wildman–Crippen LogP) is 0.635. The molecule has 0 aliphatic carbocycles. The van der Waals surface area contributed by atoms with Crippen LogP contribution in [0.15, 0.2) is 12.7 Å². The molecular formula is C8H16NO4P. The Morgan fingerprint density at radius 2 is 2.21 bits per heavy atom.